The third-order valence-corrected chi connectivity index (χ3v) is 4.54. The van der Waals surface area contributed by atoms with Crippen molar-refractivity contribution in [3.8, 4) is 0 Å². The number of nitrogens with one attached hydrogen (secondary N) is 1. The Bertz CT molecular complexity index is 1010. The maximum atomic E-state index is 15.2. The van der Waals surface area contributed by atoms with Crippen molar-refractivity contribution in [2.24, 2.45) is 0 Å². The van der Waals surface area contributed by atoms with Gasteiger partial charge in [-0.1, -0.05) is 54.6 Å². The summed E-state index contributed by atoms with van der Waals surface area (Å²) in [6.07, 6.45) is -0.985. The van der Waals surface area contributed by atoms with Crippen LogP contribution in [0.4, 0.5) is 14.5 Å². The monoisotopic (exact) mass is 397 g/mol. The number of para-hydroxylation sites is 1. The molecule has 0 aliphatic rings. The summed E-state index contributed by atoms with van der Waals surface area (Å²) in [5, 5.41) is 4.44. The first-order valence-corrected chi connectivity index (χ1v) is 9.29. The van der Waals surface area contributed by atoms with Gasteiger partial charge in [0.25, 0.3) is 0 Å². The average molecular weight is 397 g/mol. The molecule has 3 aromatic carbocycles. The minimum Gasteiger partial charge on any atom is -0.466 e. The molecule has 0 spiro atoms. The molecule has 29 heavy (non-hydrogen) atoms. The smallest absolute Gasteiger partial charge is 0.329 e. The Labute approximate surface area is 167 Å². The van der Waals surface area contributed by atoms with Gasteiger partial charge in [0.15, 0.2) is 0 Å². The number of ether oxygens (including phenoxy) is 1. The fraction of sp³-hybridized carbons (Fsp3) is 0.217. The second kappa shape index (κ2) is 8.82. The van der Waals surface area contributed by atoms with Gasteiger partial charge in [0.05, 0.1) is 6.61 Å². The van der Waals surface area contributed by atoms with Gasteiger partial charge < -0.3 is 10.1 Å². The third kappa shape index (κ3) is 4.77. The number of carbonyl (C=O) groups excluding carboxylic acids is 2. The predicted octanol–water partition coefficient (Wildman–Crippen LogP) is 5.15. The summed E-state index contributed by atoms with van der Waals surface area (Å²) in [6.45, 7) is 1.57. The number of carbonyl (C=O) groups is 2. The molecule has 0 bridgehead atoms. The van der Waals surface area contributed by atoms with Crippen LogP contribution in [0, 0.1) is 0 Å². The lowest BCUT2D eigenvalue weighted by Gasteiger charge is -2.28. The summed E-state index contributed by atoms with van der Waals surface area (Å²) in [5.41, 5.74) is 0.684. The van der Waals surface area contributed by atoms with Crippen LogP contribution in [0.2, 0.25) is 0 Å². The highest BCUT2D eigenvalue weighted by Crippen LogP contribution is 2.37. The van der Waals surface area contributed by atoms with Crippen LogP contribution in [0.1, 0.15) is 24.9 Å². The number of benzene rings is 3. The number of hydrogen-bond acceptors (Lipinski definition) is 4. The number of halogens is 2. The minimum atomic E-state index is -3.83. The molecule has 3 rings (SSSR count). The van der Waals surface area contributed by atoms with E-state index < -0.39 is 30.1 Å². The molecule has 0 amide bonds. The number of rotatable bonds is 8. The molecule has 0 saturated carbocycles. The highest BCUT2D eigenvalue weighted by atomic mass is 19.3. The lowest BCUT2D eigenvalue weighted by Crippen LogP contribution is -2.41. The number of hydrogen-bond donors (Lipinski definition) is 1. The molecule has 6 heteroatoms. The van der Waals surface area contributed by atoms with Crippen molar-refractivity contribution >= 4 is 28.2 Å². The molecule has 0 aliphatic carbocycles. The highest BCUT2D eigenvalue weighted by molar-refractivity contribution is 6.00. The van der Waals surface area contributed by atoms with Gasteiger partial charge in [0.1, 0.15) is 12.5 Å². The molecule has 1 unspecified atom stereocenters. The molecule has 150 valence electrons. The molecule has 0 fully saturated rings. The fourth-order valence-electron chi connectivity index (χ4n) is 3.09. The number of ketones is 1. The van der Waals surface area contributed by atoms with E-state index in [0.717, 1.165) is 10.8 Å². The Kier molecular flexibility index (Phi) is 6.22. The van der Waals surface area contributed by atoms with E-state index in [1.165, 1.54) is 0 Å². The van der Waals surface area contributed by atoms with Gasteiger partial charge >= 0.3 is 11.9 Å². The Hall–Kier alpha value is -3.28. The van der Waals surface area contributed by atoms with Crippen LogP contribution in [-0.2, 0) is 14.3 Å². The zero-order valence-corrected chi connectivity index (χ0v) is 15.9. The summed E-state index contributed by atoms with van der Waals surface area (Å²) in [4.78, 5) is 23.9. The van der Waals surface area contributed by atoms with E-state index in [1.807, 2.05) is 24.3 Å². The fourth-order valence-corrected chi connectivity index (χ4v) is 3.09. The number of Topliss-reactive ketones (excluding diaryl/α,β-unsaturated/α-hetero) is 1. The molecular formula is C23H21F2NO3. The second-order valence-electron chi connectivity index (χ2n) is 6.58. The summed E-state index contributed by atoms with van der Waals surface area (Å²) in [6, 6.07) is 19.1. The summed E-state index contributed by atoms with van der Waals surface area (Å²) in [7, 11) is 0. The van der Waals surface area contributed by atoms with Gasteiger partial charge in [-0.3, -0.25) is 9.59 Å². The normalized spacial score (nSPS) is 12.4. The van der Waals surface area contributed by atoms with Gasteiger partial charge in [0, 0.05) is 5.69 Å². The Morgan fingerprint density at radius 3 is 2.31 bits per heavy atom. The Morgan fingerprint density at radius 2 is 1.62 bits per heavy atom. The summed E-state index contributed by atoms with van der Waals surface area (Å²) in [5.74, 6) is -6.28. The van der Waals surface area contributed by atoms with Crippen LogP contribution >= 0.6 is 0 Å². The minimum absolute atomic E-state index is 0.0219. The van der Waals surface area contributed by atoms with Crippen LogP contribution in [-0.4, -0.2) is 24.3 Å². The topological polar surface area (TPSA) is 55.4 Å². The molecule has 1 N–H and O–H groups in total. The van der Waals surface area contributed by atoms with E-state index in [1.54, 1.807) is 55.5 Å². The van der Waals surface area contributed by atoms with E-state index >= 15 is 8.78 Å². The van der Waals surface area contributed by atoms with Crippen molar-refractivity contribution < 1.29 is 23.1 Å². The van der Waals surface area contributed by atoms with E-state index in [-0.39, 0.29) is 12.2 Å². The third-order valence-electron chi connectivity index (χ3n) is 4.54. The molecule has 1 atom stereocenters. The second-order valence-corrected chi connectivity index (χ2v) is 6.58. The van der Waals surface area contributed by atoms with Crippen molar-refractivity contribution in [2.45, 2.75) is 25.3 Å². The average Bonchev–Trinajstić information content (AvgIpc) is 2.72. The van der Waals surface area contributed by atoms with E-state index in [0.29, 0.717) is 5.69 Å². The Morgan fingerprint density at radius 1 is 0.966 bits per heavy atom. The molecular weight excluding hydrogens is 376 g/mol. The summed E-state index contributed by atoms with van der Waals surface area (Å²) < 4.78 is 35.1. The highest BCUT2D eigenvalue weighted by Gasteiger charge is 2.48. The number of esters is 1. The van der Waals surface area contributed by atoms with Gasteiger partial charge in [-0.05, 0) is 41.5 Å². The number of anilines is 1. The molecule has 0 aliphatic heterocycles. The lowest BCUT2D eigenvalue weighted by atomic mass is 9.93. The molecule has 0 radical (unpaired) electrons. The van der Waals surface area contributed by atoms with Gasteiger partial charge in [-0.15, -0.1) is 0 Å². The quantitative estimate of drug-likeness (QED) is 0.422. The van der Waals surface area contributed by atoms with Crippen LogP contribution in [0.15, 0.2) is 72.8 Å². The largest absolute Gasteiger partial charge is 0.466 e. The first-order chi connectivity index (χ1) is 13.9. The molecule has 0 saturated heterocycles. The lowest BCUT2D eigenvalue weighted by molar-refractivity contribution is -0.155. The maximum Gasteiger partial charge on any atom is 0.329 e. The van der Waals surface area contributed by atoms with Crippen molar-refractivity contribution in [3.63, 3.8) is 0 Å². The standard InChI is InChI=1S/C23H21F2NO3/c1-2-29-21(28)15-20(27)23(24,25)22(26-19-10-4-3-5-11-19)18-13-12-16-8-6-7-9-17(16)14-18/h3-14,22,26H,2,15H2,1H3. The van der Waals surface area contributed by atoms with Gasteiger partial charge in [0.2, 0.25) is 5.78 Å². The van der Waals surface area contributed by atoms with Crippen molar-refractivity contribution in [1.82, 2.24) is 0 Å². The van der Waals surface area contributed by atoms with E-state index in [4.69, 9.17) is 0 Å². The van der Waals surface area contributed by atoms with Crippen LogP contribution < -0.4 is 5.32 Å². The van der Waals surface area contributed by atoms with E-state index in [2.05, 4.69) is 10.1 Å². The molecule has 3 aromatic rings. The zero-order valence-electron chi connectivity index (χ0n) is 15.9. The predicted molar refractivity (Wildman–Crippen MR) is 108 cm³/mol. The van der Waals surface area contributed by atoms with Crippen molar-refractivity contribution in [3.05, 3.63) is 78.4 Å². The van der Waals surface area contributed by atoms with Crippen LogP contribution in [0.3, 0.4) is 0 Å². The first-order valence-electron chi connectivity index (χ1n) is 9.29. The summed E-state index contributed by atoms with van der Waals surface area (Å²) >= 11 is 0. The SMILES string of the molecule is CCOC(=O)CC(=O)C(F)(F)C(Nc1ccccc1)c1ccc2ccccc2c1. The molecule has 0 aromatic heterocycles. The van der Waals surface area contributed by atoms with Gasteiger partial charge in [-0.2, -0.15) is 8.78 Å². The van der Waals surface area contributed by atoms with Crippen molar-refractivity contribution in [1.29, 1.82) is 0 Å². The van der Waals surface area contributed by atoms with Crippen LogP contribution in [0.25, 0.3) is 10.8 Å². The van der Waals surface area contributed by atoms with Gasteiger partial charge in [-0.25, -0.2) is 0 Å². The first kappa shape index (κ1) is 20.5. The van der Waals surface area contributed by atoms with E-state index in [9.17, 15) is 9.59 Å². The molecule has 4 nitrogen and oxygen atoms in total. The maximum absolute atomic E-state index is 15.2. The number of alkyl halides is 2. The Balaban J connectivity index is 1.99. The van der Waals surface area contributed by atoms with Crippen LogP contribution in [0.5, 0.6) is 0 Å². The number of fused-ring (bicyclic) bond motifs is 1. The zero-order chi connectivity index (χ0) is 20.9. The van der Waals surface area contributed by atoms with Crippen molar-refractivity contribution in [2.75, 3.05) is 11.9 Å². The molecule has 0 heterocycles.